The number of rotatable bonds is 6. The molecule has 1 atom stereocenters. The minimum Gasteiger partial charge on any atom is -0.348 e. The molecule has 6 heteroatoms. The number of thiophene rings is 1. The van der Waals surface area contributed by atoms with Gasteiger partial charge in [-0.05, 0) is 42.3 Å². The fourth-order valence-corrected chi connectivity index (χ4v) is 3.13. The van der Waals surface area contributed by atoms with Gasteiger partial charge in [0.2, 0.25) is 0 Å². The van der Waals surface area contributed by atoms with Gasteiger partial charge in [0.05, 0.1) is 16.8 Å². The van der Waals surface area contributed by atoms with E-state index in [2.05, 4.69) is 10.6 Å². The van der Waals surface area contributed by atoms with Crippen LogP contribution in [0.25, 0.3) is 0 Å². The van der Waals surface area contributed by atoms with Crippen LogP contribution in [0.4, 0.5) is 5.69 Å². The second kappa shape index (κ2) is 6.93. The molecular formula is C17H19N3O2S. The van der Waals surface area contributed by atoms with Crippen LogP contribution in [0, 0.1) is 5.92 Å². The van der Waals surface area contributed by atoms with Crippen molar-refractivity contribution >= 4 is 28.8 Å². The van der Waals surface area contributed by atoms with E-state index in [1.54, 1.807) is 35.7 Å². The number of nitrogens with two attached hydrogens (primary N) is 1. The van der Waals surface area contributed by atoms with Crippen molar-refractivity contribution in [1.82, 2.24) is 5.32 Å². The van der Waals surface area contributed by atoms with E-state index in [0.29, 0.717) is 29.3 Å². The lowest BCUT2D eigenvalue weighted by molar-refractivity contribution is 0.0934. The molecule has 1 aromatic heterocycles. The minimum absolute atomic E-state index is 0.00290. The summed E-state index contributed by atoms with van der Waals surface area (Å²) in [5.41, 5.74) is 7.29. The Hall–Kier alpha value is -2.18. The van der Waals surface area contributed by atoms with Gasteiger partial charge in [-0.3, -0.25) is 9.59 Å². The first-order chi connectivity index (χ1) is 11.2. The highest BCUT2D eigenvalue weighted by Gasteiger charge is 2.31. The van der Waals surface area contributed by atoms with Crippen molar-refractivity contribution in [3.63, 3.8) is 0 Å². The number of hydrogen-bond donors (Lipinski definition) is 3. The average molecular weight is 329 g/mol. The van der Waals surface area contributed by atoms with Crippen molar-refractivity contribution in [2.24, 2.45) is 11.7 Å². The quantitative estimate of drug-likeness (QED) is 0.761. The maximum atomic E-state index is 12.5. The van der Waals surface area contributed by atoms with E-state index in [9.17, 15) is 9.59 Å². The third-order valence-electron chi connectivity index (χ3n) is 3.96. The molecule has 3 rings (SSSR count). The maximum absolute atomic E-state index is 12.5. The van der Waals surface area contributed by atoms with Crippen molar-refractivity contribution < 1.29 is 9.59 Å². The molecule has 1 heterocycles. The molecular weight excluding hydrogens is 310 g/mol. The van der Waals surface area contributed by atoms with Crippen LogP contribution in [0.2, 0.25) is 0 Å². The number of hydrogen-bond acceptors (Lipinski definition) is 4. The lowest BCUT2D eigenvalue weighted by atomic mass is 10.1. The SMILES string of the molecule is NCC(NC(=O)c1ccccc1NC(=O)c1ccsc1)C1CC1. The van der Waals surface area contributed by atoms with E-state index in [1.807, 2.05) is 5.38 Å². The molecule has 23 heavy (non-hydrogen) atoms. The van der Waals surface area contributed by atoms with Crippen LogP contribution in [0.5, 0.6) is 0 Å². The molecule has 1 unspecified atom stereocenters. The lowest BCUT2D eigenvalue weighted by Crippen LogP contribution is -2.42. The van der Waals surface area contributed by atoms with E-state index < -0.39 is 0 Å². The number of nitrogens with one attached hydrogen (secondary N) is 2. The molecule has 0 aliphatic heterocycles. The first kappa shape index (κ1) is 15.7. The summed E-state index contributed by atoms with van der Waals surface area (Å²) in [6, 6.07) is 8.76. The van der Waals surface area contributed by atoms with Gasteiger partial charge in [0.1, 0.15) is 0 Å². The Morgan fingerprint density at radius 2 is 2.00 bits per heavy atom. The second-order valence-corrected chi connectivity index (χ2v) is 6.44. The zero-order chi connectivity index (χ0) is 16.2. The third kappa shape index (κ3) is 3.78. The van der Waals surface area contributed by atoms with Gasteiger partial charge in [0, 0.05) is 18.0 Å². The summed E-state index contributed by atoms with van der Waals surface area (Å²) in [6.45, 7) is 0.430. The van der Waals surface area contributed by atoms with E-state index in [4.69, 9.17) is 5.73 Å². The predicted molar refractivity (Wildman–Crippen MR) is 91.7 cm³/mol. The second-order valence-electron chi connectivity index (χ2n) is 5.66. The smallest absolute Gasteiger partial charge is 0.256 e. The minimum atomic E-state index is -0.218. The Labute approximate surface area is 138 Å². The number of para-hydroxylation sites is 1. The van der Waals surface area contributed by atoms with E-state index in [-0.39, 0.29) is 17.9 Å². The molecule has 1 aliphatic rings. The summed E-state index contributed by atoms with van der Waals surface area (Å²) in [5, 5.41) is 9.40. The zero-order valence-electron chi connectivity index (χ0n) is 12.6. The normalized spacial score (nSPS) is 15.0. The van der Waals surface area contributed by atoms with Crippen molar-refractivity contribution in [2.45, 2.75) is 18.9 Å². The maximum Gasteiger partial charge on any atom is 0.256 e. The van der Waals surface area contributed by atoms with Crippen molar-refractivity contribution in [2.75, 3.05) is 11.9 Å². The number of carbonyl (C=O) groups is 2. The van der Waals surface area contributed by atoms with Crippen LogP contribution in [-0.4, -0.2) is 24.4 Å². The molecule has 0 spiro atoms. The number of benzene rings is 1. The fourth-order valence-electron chi connectivity index (χ4n) is 2.49. The zero-order valence-corrected chi connectivity index (χ0v) is 13.4. The van der Waals surface area contributed by atoms with Gasteiger partial charge in [-0.2, -0.15) is 11.3 Å². The Balaban J connectivity index is 1.74. The molecule has 2 aromatic rings. The predicted octanol–water partition coefficient (Wildman–Crippen LogP) is 2.47. The van der Waals surface area contributed by atoms with Gasteiger partial charge in [-0.25, -0.2) is 0 Å². The molecule has 1 fully saturated rings. The highest BCUT2D eigenvalue weighted by Crippen LogP contribution is 2.32. The fraction of sp³-hybridized carbons (Fsp3) is 0.294. The third-order valence-corrected chi connectivity index (χ3v) is 4.65. The topological polar surface area (TPSA) is 84.2 Å². The van der Waals surface area contributed by atoms with Crippen LogP contribution in [-0.2, 0) is 0 Å². The van der Waals surface area contributed by atoms with Crippen LogP contribution < -0.4 is 16.4 Å². The van der Waals surface area contributed by atoms with E-state index in [1.165, 1.54) is 11.3 Å². The average Bonchev–Trinajstić information content (AvgIpc) is 3.25. The molecule has 1 aliphatic carbocycles. The van der Waals surface area contributed by atoms with Crippen LogP contribution in [0.3, 0.4) is 0 Å². The van der Waals surface area contributed by atoms with E-state index >= 15 is 0 Å². The molecule has 2 amide bonds. The molecule has 0 radical (unpaired) electrons. The van der Waals surface area contributed by atoms with Gasteiger partial charge in [-0.15, -0.1) is 0 Å². The lowest BCUT2D eigenvalue weighted by Gasteiger charge is -2.17. The monoisotopic (exact) mass is 329 g/mol. The molecule has 4 N–H and O–H groups in total. The Morgan fingerprint density at radius 3 is 2.65 bits per heavy atom. The summed E-state index contributed by atoms with van der Waals surface area (Å²) >= 11 is 1.46. The van der Waals surface area contributed by atoms with Gasteiger partial charge >= 0.3 is 0 Å². The number of carbonyl (C=O) groups excluding carboxylic acids is 2. The Bertz CT molecular complexity index is 696. The summed E-state index contributed by atoms with van der Waals surface area (Å²) in [4.78, 5) is 24.7. The molecule has 1 saturated carbocycles. The Morgan fingerprint density at radius 1 is 1.22 bits per heavy atom. The van der Waals surface area contributed by atoms with Crippen molar-refractivity contribution in [3.8, 4) is 0 Å². The van der Waals surface area contributed by atoms with Gasteiger partial charge in [0.15, 0.2) is 0 Å². The summed E-state index contributed by atoms with van der Waals surface area (Å²) in [5.74, 6) is 0.0640. The van der Waals surface area contributed by atoms with Crippen LogP contribution in [0.15, 0.2) is 41.1 Å². The van der Waals surface area contributed by atoms with Crippen molar-refractivity contribution in [3.05, 3.63) is 52.2 Å². The molecule has 120 valence electrons. The van der Waals surface area contributed by atoms with Gasteiger partial charge < -0.3 is 16.4 Å². The molecule has 0 saturated heterocycles. The van der Waals surface area contributed by atoms with Gasteiger partial charge in [0.25, 0.3) is 11.8 Å². The highest BCUT2D eigenvalue weighted by atomic mass is 32.1. The highest BCUT2D eigenvalue weighted by molar-refractivity contribution is 7.08. The van der Waals surface area contributed by atoms with Gasteiger partial charge in [-0.1, -0.05) is 12.1 Å². The summed E-state index contributed by atoms with van der Waals surface area (Å²) in [6.07, 6.45) is 2.22. The molecule has 1 aromatic carbocycles. The Kier molecular flexibility index (Phi) is 4.73. The standard InChI is InChI=1S/C17H19N3O2S/c18-9-15(11-5-6-11)20-17(22)13-3-1-2-4-14(13)19-16(21)12-7-8-23-10-12/h1-4,7-8,10-11,15H,5-6,9,18H2,(H,19,21)(H,20,22). The van der Waals surface area contributed by atoms with Crippen LogP contribution in [0.1, 0.15) is 33.6 Å². The van der Waals surface area contributed by atoms with Crippen molar-refractivity contribution in [1.29, 1.82) is 0 Å². The largest absolute Gasteiger partial charge is 0.348 e. The van der Waals surface area contributed by atoms with Crippen LogP contribution >= 0.6 is 11.3 Å². The summed E-state index contributed by atoms with van der Waals surface area (Å²) < 4.78 is 0. The first-order valence-corrected chi connectivity index (χ1v) is 8.57. The number of amides is 2. The molecule has 0 bridgehead atoms. The summed E-state index contributed by atoms with van der Waals surface area (Å²) in [7, 11) is 0. The first-order valence-electron chi connectivity index (χ1n) is 7.62. The number of anilines is 1. The van der Waals surface area contributed by atoms with E-state index in [0.717, 1.165) is 12.8 Å². The molecule has 5 nitrogen and oxygen atoms in total.